The van der Waals surface area contributed by atoms with E-state index in [1.807, 2.05) is 0 Å². The van der Waals surface area contributed by atoms with E-state index in [1.54, 1.807) is 6.07 Å². The number of ether oxygens (including phenoxy) is 2. The van der Waals surface area contributed by atoms with Crippen LogP contribution in [0.2, 0.25) is 0 Å². The van der Waals surface area contributed by atoms with Crippen molar-refractivity contribution in [3.05, 3.63) is 28.3 Å². The number of nitro benzene ring substituents is 1. The summed E-state index contributed by atoms with van der Waals surface area (Å²) in [5, 5.41) is 23.8. The van der Waals surface area contributed by atoms with E-state index in [0.717, 1.165) is 12.8 Å². The zero-order chi connectivity index (χ0) is 14.5. The predicted octanol–water partition coefficient (Wildman–Crippen LogP) is 1.10. The van der Waals surface area contributed by atoms with Gasteiger partial charge in [0.1, 0.15) is 18.5 Å². The Hall–Kier alpha value is -1.86. The summed E-state index contributed by atoms with van der Waals surface area (Å²) in [4.78, 5) is 10.3. The van der Waals surface area contributed by atoms with Crippen LogP contribution >= 0.6 is 0 Å². The minimum atomic E-state index is -0.642. The third-order valence-electron chi connectivity index (χ3n) is 3.01. The normalized spacial score (nSPS) is 15.7. The molecule has 0 bridgehead atoms. The SMILES string of the molecule is COc1ccc(OCC(O)CNC2CC2)cc1[N+](=O)[O-]. The molecule has 2 rings (SSSR count). The summed E-state index contributed by atoms with van der Waals surface area (Å²) >= 11 is 0. The number of benzene rings is 1. The summed E-state index contributed by atoms with van der Waals surface area (Å²) in [5.74, 6) is 0.515. The highest BCUT2D eigenvalue weighted by Crippen LogP contribution is 2.30. The van der Waals surface area contributed by atoms with Crippen LogP contribution in [0.25, 0.3) is 0 Å². The van der Waals surface area contributed by atoms with Gasteiger partial charge in [-0.15, -0.1) is 0 Å². The molecule has 1 aliphatic rings. The molecular formula is C13H18N2O5. The van der Waals surface area contributed by atoms with Gasteiger partial charge in [-0.05, 0) is 25.0 Å². The Morgan fingerprint density at radius 1 is 1.55 bits per heavy atom. The maximum atomic E-state index is 10.9. The maximum absolute atomic E-state index is 10.9. The molecule has 20 heavy (non-hydrogen) atoms. The molecule has 0 spiro atoms. The number of rotatable bonds is 8. The van der Waals surface area contributed by atoms with Crippen molar-refractivity contribution < 1.29 is 19.5 Å². The molecule has 1 saturated carbocycles. The molecule has 0 heterocycles. The van der Waals surface area contributed by atoms with Crippen LogP contribution in [0.15, 0.2) is 18.2 Å². The van der Waals surface area contributed by atoms with Gasteiger partial charge in [-0.3, -0.25) is 10.1 Å². The number of nitrogens with one attached hydrogen (secondary N) is 1. The Morgan fingerprint density at radius 2 is 2.30 bits per heavy atom. The van der Waals surface area contributed by atoms with Crippen LogP contribution in [0.4, 0.5) is 5.69 Å². The van der Waals surface area contributed by atoms with Gasteiger partial charge in [0, 0.05) is 12.6 Å². The summed E-state index contributed by atoms with van der Waals surface area (Å²) in [7, 11) is 1.37. The monoisotopic (exact) mass is 282 g/mol. The molecule has 7 heteroatoms. The van der Waals surface area contributed by atoms with Crippen molar-refractivity contribution in [1.29, 1.82) is 0 Å². The van der Waals surface area contributed by atoms with Gasteiger partial charge in [0.25, 0.3) is 0 Å². The summed E-state index contributed by atoms with van der Waals surface area (Å²) in [6.45, 7) is 0.548. The molecule has 1 atom stereocenters. The molecule has 0 amide bonds. The first-order chi connectivity index (χ1) is 9.60. The lowest BCUT2D eigenvalue weighted by Crippen LogP contribution is -2.32. The van der Waals surface area contributed by atoms with E-state index in [2.05, 4.69) is 5.32 Å². The molecule has 0 saturated heterocycles. The Balaban J connectivity index is 1.88. The Bertz CT molecular complexity index is 476. The minimum Gasteiger partial charge on any atom is -0.491 e. The number of nitro groups is 1. The second-order valence-corrected chi connectivity index (χ2v) is 4.74. The standard InChI is InChI=1S/C13H18N2O5/c1-19-13-5-4-11(6-12(13)15(17)18)20-8-10(16)7-14-9-2-3-9/h4-6,9-10,14,16H,2-3,7-8H2,1H3. The molecule has 0 aromatic heterocycles. The molecule has 1 aromatic rings. The van der Waals surface area contributed by atoms with Gasteiger partial charge in [0.2, 0.25) is 0 Å². The lowest BCUT2D eigenvalue weighted by molar-refractivity contribution is -0.385. The van der Waals surface area contributed by atoms with E-state index < -0.39 is 11.0 Å². The lowest BCUT2D eigenvalue weighted by Gasteiger charge is -2.13. The third-order valence-corrected chi connectivity index (χ3v) is 3.01. The highest BCUT2D eigenvalue weighted by Gasteiger charge is 2.21. The zero-order valence-electron chi connectivity index (χ0n) is 11.2. The molecule has 1 aromatic carbocycles. The fourth-order valence-electron chi connectivity index (χ4n) is 1.74. The van der Waals surface area contributed by atoms with Crippen LogP contribution < -0.4 is 14.8 Å². The molecule has 7 nitrogen and oxygen atoms in total. The largest absolute Gasteiger partial charge is 0.491 e. The molecule has 1 fully saturated rings. The number of hydrogen-bond donors (Lipinski definition) is 2. The first-order valence-corrected chi connectivity index (χ1v) is 6.47. The van der Waals surface area contributed by atoms with Gasteiger partial charge in [0.15, 0.2) is 5.75 Å². The van der Waals surface area contributed by atoms with Gasteiger partial charge >= 0.3 is 5.69 Å². The average molecular weight is 282 g/mol. The first kappa shape index (κ1) is 14.5. The van der Waals surface area contributed by atoms with Crippen molar-refractivity contribution in [2.45, 2.75) is 25.0 Å². The molecule has 1 aliphatic carbocycles. The number of aliphatic hydroxyl groups excluding tert-OH is 1. The second-order valence-electron chi connectivity index (χ2n) is 4.74. The number of nitrogens with zero attached hydrogens (tertiary/aromatic N) is 1. The van der Waals surface area contributed by atoms with Crippen LogP contribution in [0.5, 0.6) is 11.5 Å². The van der Waals surface area contributed by atoms with Crippen molar-refractivity contribution in [3.8, 4) is 11.5 Å². The molecule has 1 unspecified atom stereocenters. The highest BCUT2D eigenvalue weighted by molar-refractivity contribution is 5.50. The van der Waals surface area contributed by atoms with Crippen LogP contribution in [0.3, 0.4) is 0 Å². The Morgan fingerprint density at radius 3 is 2.90 bits per heavy atom. The Labute approximate surface area is 116 Å². The summed E-state index contributed by atoms with van der Waals surface area (Å²) in [6, 6.07) is 4.86. The summed E-state index contributed by atoms with van der Waals surface area (Å²) in [6.07, 6.45) is 1.66. The van der Waals surface area contributed by atoms with Gasteiger partial charge in [-0.2, -0.15) is 0 Å². The van der Waals surface area contributed by atoms with Crippen LogP contribution in [0, 0.1) is 10.1 Å². The van der Waals surface area contributed by atoms with E-state index in [0.29, 0.717) is 18.3 Å². The molecule has 2 N–H and O–H groups in total. The minimum absolute atomic E-state index is 0.0865. The van der Waals surface area contributed by atoms with Crippen molar-refractivity contribution in [2.75, 3.05) is 20.3 Å². The average Bonchev–Trinajstić information content (AvgIpc) is 3.26. The smallest absolute Gasteiger partial charge is 0.314 e. The second kappa shape index (κ2) is 6.53. The molecule has 110 valence electrons. The fraction of sp³-hybridized carbons (Fsp3) is 0.538. The Kier molecular flexibility index (Phi) is 4.75. The quantitative estimate of drug-likeness (QED) is 0.547. The van der Waals surface area contributed by atoms with E-state index in [9.17, 15) is 15.2 Å². The lowest BCUT2D eigenvalue weighted by atomic mass is 10.3. The maximum Gasteiger partial charge on any atom is 0.314 e. The van der Waals surface area contributed by atoms with E-state index in [-0.39, 0.29) is 18.0 Å². The van der Waals surface area contributed by atoms with Gasteiger partial charge in [-0.1, -0.05) is 0 Å². The number of aliphatic hydroxyl groups is 1. The first-order valence-electron chi connectivity index (χ1n) is 6.47. The molecule has 0 radical (unpaired) electrons. The van der Waals surface area contributed by atoms with Crippen molar-refractivity contribution in [1.82, 2.24) is 5.32 Å². The number of hydrogen-bond acceptors (Lipinski definition) is 6. The topological polar surface area (TPSA) is 93.9 Å². The van der Waals surface area contributed by atoms with Gasteiger partial charge in [0.05, 0.1) is 18.1 Å². The summed E-state index contributed by atoms with van der Waals surface area (Å²) < 4.78 is 10.3. The highest BCUT2D eigenvalue weighted by atomic mass is 16.6. The van der Waals surface area contributed by atoms with Crippen molar-refractivity contribution in [2.24, 2.45) is 0 Å². The third kappa shape index (κ3) is 4.07. The van der Waals surface area contributed by atoms with Gasteiger partial charge < -0.3 is 19.9 Å². The van der Waals surface area contributed by atoms with E-state index in [4.69, 9.17) is 9.47 Å². The molecular weight excluding hydrogens is 264 g/mol. The van der Waals surface area contributed by atoms with Crippen LogP contribution in [-0.2, 0) is 0 Å². The predicted molar refractivity (Wildman–Crippen MR) is 72.2 cm³/mol. The van der Waals surface area contributed by atoms with Gasteiger partial charge in [-0.25, -0.2) is 0 Å². The molecule has 0 aliphatic heterocycles. The zero-order valence-corrected chi connectivity index (χ0v) is 11.2. The summed E-state index contributed by atoms with van der Waals surface area (Å²) in [5.41, 5.74) is -0.157. The van der Waals surface area contributed by atoms with E-state index >= 15 is 0 Å². The number of methoxy groups -OCH3 is 1. The van der Waals surface area contributed by atoms with Crippen LogP contribution in [0.1, 0.15) is 12.8 Å². The van der Waals surface area contributed by atoms with E-state index in [1.165, 1.54) is 19.2 Å². The fourth-order valence-corrected chi connectivity index (χ4v) is 1.74. The van der Waals surface area contributed by atoms with Crippen LogP contribution in [-0.4, -0.2) is 42.4 Å². The van der Waals surface area contributed by atoms with Crippen molar-refractivity contribution >= 4 is 5.69 Å². The van der Waals surface area contributed by atoms with Crippen molar-refractivity contribution in [3.63, 3.8) is 0 Å².